The van der Waals surface area contributed by atoms with Gasteiger partial charge in [-0.05, 0) is 34.6 Å². The average molecular weight is 413 g/mol. The molecule has 0 aliphatic heterocycles. The summed E-state index contributed by atoms with van der Waals surface area (Å²) in [5, 5.41) is 3.98. The third kappa shape index (κ3) is 3.69. The third-order valence-electron chi connectivity index (χ3n) is 2.89. The van der Waals surface area contributed by atoms with Crippen molar-refractivity contribution in [2.75, 3.05) is 6.54 Å². The molecule has 1 unspecified atom stereocenters. The average Bonchev–Trinajstić information content (AvgIpc) is 2.44. The largest absolute Gasteiger partial charge is 0.305 e. The molecule has 1 aromatic carbocycles. The Balaban J connectivity index is 2.56. The molecule has 0 spiro atoms. The molecule has 1 N–H and O–H groups in total. The molecule has 1 atom stereocenters. The summed E-state index contributed by atoms with van der Waals surface area (Å²) >= 11 is 21.2. The van der Waals surface area contributed by atoms with Gasteiger partial charge in [-0.25, -0.2) is 4.39 Å². The Bertz CT molecular complexity index is 667. The fourth-order valence-electron chi connectivity index (χ4n) is 1.96. The summed E-state index contributed by atoms with van der Waals surface area (Å²) in [7, 11) is 0. The fourth-order valence-corrected chi connectivity index (χ4v) is 2.93. The monoisotopic (exact) mass is 410 g/mol. The second-order valence-corrected chi connectivity index (χ2v) is 6.35. The van der Waals surface area contributed by atoms with Crippen LogP contribution in [0.5, 0.6) is 0 Å². The van der Waals surface area contributed by atoms with E-state index in [1.807, 2.05) is 6.92 Å². The molecule has 21 heavy (non-hydrogen) atoms. The van der Waals surface area contributed by atoms with Crippen molar-refractivity contribution in [1.82, 2.24) is 10.3 Å². The summed E-state index contributed by atoms with van der Waals surface area (Å²) in [5.41, 5.74) is 0.877. The molecule has 112 valence electrons. The highest BCUT2D eigenvalue weighted by Gasteiger charge is 2.23. The Morgan fingerprint density at radius 2 is 2.05 bits per heavy atom. The summed E-state index contributed by atoms with van der Waals surface area (Å²) in [6, 6.07) is 4.40. The molecule has 0 saturated heterocycles. The van der Waals surface area contributed by atoms with Crippen LogP contribution in [0.25, 0.3) is 0 Å². The predicted octanol–water partition coefficient (Wildman–Crippen LogP) is 5.64. The second-order valence-electron chi connectivity index (χ2n) is 4.28. The summed E-state index contributed by atoms with van der Waals surface area (Å²) in [6.45, 7) is 2.52. The van der Waals surface area contributed by atoms with E-state index in [1.54, 1.807) is 18.2 Å². The number of benzene rings is 1. The van der Waals surface area contributed by atoms with Crippen LogP contribution in [-0.2, 0) is 0 Å². The number of nitrogens with one attached hydrogen (secondary N) is 1. The molecule has 0 radical (unpaired) electrons. The van der Waals surface area contributed by atoms with Crippen molar-refractivity contribution in [1.29, 1.82) is 0 Å². The van der Waals surface area contributed by atoms with Gasteiger partial charge in [-0.3, -0.25) is 4.98 Å². The summed E-state index contributed by atoms with van der Waals surface area (Å²) < 4.78 is 14.9. The maximum absolute atomic E-state index is 14.4. The van der Waals surface area contributed by atoms with E-state index in [-0.39, 0.29) is 5.02 Å². The molecule has 0 aliphatic carbocycles. The van der Waals surface area contributed by atoms with Crippen LogP contribution in [0.2, 0.25) is 15.1 Å². The number of hydrogen-bond donors (Lipinski definition) is 1. The number of rotatable bonds is 4. The zero-order chi connectivity index (χ0) is 15.6. The highest BCUT2D eigenvalue weighted by Crippen LogP contribution is 2.34. The van der Waals surface area contributed by atoms with E-state index in [0.717, 1.165) is 0 Å². The van der Waals surface area contributed by atoms with Crippen molar-refractivity contribution in [3.05, 3.63) is 61.0 Å². The minimum Gasteiger partial charge on any atom is -0.305 e. The van der Waals surface area contributed by atoms with Crippen LogP contribution in [0.1, 0.15) is 24.2 Å². The summed E-state index contributed by atoms with van der Waals surface area (Å²) in [5.74, 6) is -0.509. The molecular weight excluding hydrogens is 401 g/mol. The number of halogens is 5. The van der Waals surface area contributed by atoms with Crippen LogP contribution in [0.3, 0.4) is 0 Å². The molecule has 2 aromatic rings. The molecule has 0 aliphatic rings. The van der Waals surface area contributed by atoms with E-state index >= 15 is 0 Å². The van der Waals surface area contributed by atoms with E-state index in [9.17, 15) is 4.39 Å². The minimum atomic E-state index is -0.509. The first-order valence-corrected chi connectivity index (χ1v) is 8.06. The number of aromatic nitrogens is 1. The standard InChI is InChI=1S/C14H11BrCl3FN2/c1-2-20-13(14-10(17)5-7(16)6-21-14)8-3-4-9(15)11(18)12(8)19/h3-6,13,20H,2H2,1H3. The van der Waals surface area contributed by atoms with Crippen LogP contribution in [0.15, 0.2) is 28.9 Å². The van der Waals surface area contributed by atoms with Crippen LogP contribution in [-0.4, -0.2) is 11.5 Å². The van der Waals surface area contributed by atoms with Gasteiger partial charge in [-0.2, -0.15) is 0 Å². The van der Waals surface area contributed by atoms with Gasteiger partial charge in [-0.15, -0.1) is 0 Å². The molecule has 1 heterocycles. The molecule has 0 bridgehead atoms. The molecular formula is C14H11BrCl3FN2. The van der Waals surface area contributed by atoms with Gasteiger partial charge >= 0.3 is 0 Å². The first-order chi connectivity index (χ1) is 9.95. The number of pyridine rings is 1. The lowest BCUT2D eigenvalue weighted by Gasteiger charge is -2.20. The van der Waals surface area contributed by atoms with E-state index in [2.05, 4.69) is 26.2 Å². The smallest absolute Gasteiger partial charge is 0.148 e. The van der Waals surface area contributed by atoms with E-state index in [0.29, 0.717) is 32.3 Å². The molecule has 0 saturated carbocycles. The van der Waals surface area contributed by atoms with Crippen molar-refractivity contribution < 1.29 is 4.39 Å². The lowest BCUT2D eigenvalue weighted by molar-refractivity contribution is 0.552. The van der Waals surface area contributed by atoms with Gasteiger partial charge in [0.15, 0.2) is 0 Å². The molecule has 2 nitrogen and oxygen atoms in total. The lowest BCUT2D eigenvalue weighted by Crippen LogP contribution is -2.24. The molecule has 7 heteroatoms. The van der Waals surface area contributed by atoms with Crippen LogP contribution < -0.4 is 5.32 Å². The molecule has 0 amide bonds. The SMILES string of the molecule is CCNC(c1ccc(Br)c(Cl)c1F)c1ncc(Cl)cc1Cl. The van der Waals surface area contributed by atoms with Crippen LogP contribution >= 0.6 is 50.7 Å². The quantitative estimate of drug-likeness (QED) is 0.657. The Morgan fingerprint density at radius 3 is 2.67 bits per heavy atom. The Morgan fingerprint density at radius 1 is 1.33 bits per heavy atom. The van der Waals surface area contributed by atoms with Crippen LogP contribution in [0.4, 0.5) is 4.39 Å². The maximum atomic E-state index is 14.4. The van der Waals surface area contributed by atoms with Gasteiger partial charge in [0.25, 0.3) is 0 Å². The minimum absolute atomic E-state index is 0.0282. The topological polar surface area (TPSA) is 24.9 Å². The maximum Gasteiger partial charge on any atom is 0.148 e. The fraction of sp³-hybridized carbons (Fsp3) is 0.214. The zero-order valence-corrected chi connectivity index (χ0v) is 14.8. The summed E-state index contributed by atoms with van der Waals surface area (Å²) in [4.78, 5) is 4.22. The van der Waals surface area contributed by atoms with Crippen molar-refractivity contribution in [2.24, 2.45) is 0 Å². The second kappa shape index (κ2) is 7.25. The van der Waals surface area contributed by atoms with Gasteiger partial charge in [0.2, 0.25) is 0 Å². The van der Waals surface area contributed by atoms with E-state index < -0.39 is 11.9 Å². The Hall–Kier alpha value is -0.390. The number of hydrogen-bond acceptors (Lipinski definition) is 2. The van der Waals surface area contributed by atoms with Gasteiger partial charge in [0.1, 0.15) is 5.82 Å². The van der Waals surface area contributed by atoms with Gasteiger partial charge in [0.05, 0.1) is 26.8 Å². The Labute approximate surface area is 145 Å². The van der Waals surface area contributed by atoms with Crippen LogP contribution in [0, 0.1) is 5.82 Å². The molecule has 2 rings (SSSR count). The highest BCUT2D eigenvalue weighted by molar-refractivity contribution is 9.10. The number of nitrogens with zero attached hydrogens (tertiary/aromatic N) is 1. The first-order valence-electron chi connectivity index (χ1n) is 6.13. The predicted molar refractivity (Wildman–Crippen MR) is 88.9 cm³/mol. The lowest BCUT2D eigenvalue weighted by atomic mass is 10.0. The molecule has 1 aromatic heterocycles. The van der Waals surface area contributed by atoms with Crippen molar-refractivity contribution >= 4 is 50.7 Å². The van der Waals surface area contributed by atoms with Crippen molar-refractivity contribution in [3.8, 4) is 0 Å². The highest BCUT2D eigenvalue weighted by atomic mass is 79.9. The summed E-state index contributed by atoms with van der Waals surface area (Å²) in [6.07, 6.45) is 1.48. The van der Waals surface area contributed by atoms with E-state index in [4.69, 9.17) is 34.8 Å². The Kier molecular flexibility index (Phi) is 5.86. The van der Waals surface area contributed by atoms with Crippen molar-refractivity contribution in [3.63, 3.8) is 0 Å². The first kappa shape index (κ1) is 17.0. The zero-order valence-electron chi connectivity index (χ0n) is 10.9. The normalized spacial score (nSPS) is 12.5. The molecule has 0 fully saturated rings. The van der Waals surface area contributed by atoms with Gasteiger partial charge < -0.3 is 5.32 Å². The van der Waals surface area contributed by atoms with Gasteiger partial charge in [0, 0.05) is 16.2 Å². The van der Waals surface area contributed by atoms with E-state index in [1.165, 1.54) is 6.20 Å². The van der Waals surface area contributed by atoms with Gasteiger partial charge in [-0.1, -0.05) is 47.8 Å². The third-order valence-corrected chi connectivity index (χ3v) is 4.66. The van der Waals surface area contributed by atoms with Crippen molar-refractivity contribution in [2.45, 2.75) is 13.0 Å².